The standard InChI is InChI=1S/C17H26N8O2/c1-11(24(4)5)22-16-15-17(19-8-18-16)25(10-21-15)14-6-12(13(7-26)27-14)20-9-23(2)3/h8-10,12-14,26H,6-7H2,1-5H3/t12-,13+,14+/m0/s1. The zero-order valence-corrected chi connectivity index (χ0v) is 16.3. The lowest BCUT2D eigenvalue weighted by Gasteiger charge is -2.14. The highest BCUT2D eigenvalue weighted by Crippen LogP contribution is 2.33. The van der Waals surface area contributed by atoms with Gasteiger partial charge in [-0.3, -0.25) is 9.56 Å². The summed E-state index contributed by atoms with van der Waals surface area (Å²) in [5.74, 6) is 1.34. The molecule has 0 saturated carbocycles. The molecule has 0 unspecified atom stereocenters. The van der Waals surface area contributed by atoms with E-state index in [1.54, 1.807) is 12.7 Å². The Bertz CT molecular complexity index is 845. The third-order valence-corrected chi connectivity index (χ3v) is 4.44. The Morgan fingerprint density at radius 3 is 2.78 bits per heavy atom. The molecule has 1 aliphatic rings. The fourth-order valence-electron chi connectivity index (χ4n) is 2.81. The SMILES string of the molecule is CC(=Nc1ncnc2c1ncn2[C@H]1C[C@H](N=CN(C)C)[C@@H](CO)O1)N(C)C. The van der Waals surface area contributed by atoms with E-state index in [1.807, 2.05) is 49.5 Å². The number of imidazole rings is 1. The van der Waals surface area contributed by atoms with Crippen LogP contribution < -0.4 is 0 Å². The van der Waals surface area contributed by atoms with E-state index in [2.05, 4.69) is 24.9 Å². The third-order valence-electron chi connectivity index (χ3n) is 4.44. The Hall–Kier alpha value is -2.59. The smallest absolute Gasteiger partial charge is 0.185 e. The topological polar surface area (TPSA) is 104 Å². The summed E-state index contributed by atoms with van der Waals surface area (Å²) < 4.78 is 7.86. The van der Waals surface area contributed by atoms with E-state index in [-0.39, 0.29) is 25.0 Å². The molecular formula is C17H26N8O2. The minimum absolute atomic E-state index is 0.0921. The first-order valence-corrected chi connectivity index (χ1v) is 8.77. The first-order chi connectivity index (χ1) is 12.9. The van der Waals surface area contributed by atoms with Gasteiger partial charge >= 0.3 is 0 Å². The van der Waals surface area contributed by atoms with Gasteiger partial charge in [-0.25, -0.2) is 19.9 Å². The van der Waals surface area contributed by atoms with Crippen LogP contribution in [-0.4, -0.2) is 93.5 Å². The minimum atomic E-state index is -0.362. The maximum atomic E-state index is 9.64. The number of aliphatic imine (C=N–C) groups is 2. The number of hydrogen-bond acceptors (Lipinski definition) is 7. The maximum Gasteiger partial charge on any atom is 0.185 e. The molecule has 1 N–H and O–H groups in total. The Labute approximate surface area is 158 Å². The number of hydrogen-bond donors (Lipinski definition) is 1. The van der Waals surface area contributed by atoms with Crippen molar-refractivity contribution in [2.75, 3.05) is 34.8 Å². The molecule has 1 saturated heterocycles. The summed E-state index contributed by atoms with van der Waals surface area (Å²) in [5.41, 5.74) is 1.26. The van der Waals surface area contributed by atoms with Gasteiger partial charge in [-0.05, 0) is 6.92 Å². The van der Waals surface area contributed by atoms with Crippen LogP contribution in [0.4, 0.5) is 5.82 Å². The Balaban J connectivity index is 1.91. The van der Waals surface area contributed by atoms with Crippen LogP contribution in [0.3, 0.4) is 0 Å². The molecule has 146 valence electrons. The average Bonchev–Trinajstić information content (AvgIpc) is 3.23. The van der Waals surface area contributed by atoms with Gasteiger partial charge in [0.05, 0.1) is 25.3 Å². The third kappa shape index (κ3) is 4.06. The maximum absolute atomic E-state index is 9.64. The molecule has 27 heavy (non-hydrogen) atoms. The highest BCUT2D eigenvalue weighted by molar-refractivity contribution is 5.88. The highest BCUT2D eigenvalue weighted by Gasteiger charge is 2.36. The summed E-state index contributed by atoms with van der Waals surface area (Å²) >= 11 is 0. The number of rotatable bonds is 5. The molecule has 0 spiro atoms. The second kappa shape index (κ2) is 7.97. The lowest BCUT2D eigenvalue weighted by Crippen LogP contribution is -2.24. The highest BCUT2D eigenvalue weighted by atomic mass is 16.5. The zero-order valence-electron chi connectivity index (χ0n) is 16.3. The van der Waals surface area contributed by atoms with Gasteiger partial charge in [0.1, 0.15) is 24.5 Å². The molecule has 1 aliphatic heterocycles. The van der Waals surface area contributed by atoms with E-state index in [4.69, 9.17) is 4.74 Å². The molecule has 10 heteroatoms. The van der Waals surface area contributed by atoms with E-state index in [0.29, 0.717) is 23.4 Å². The molecule has 3 atom stereocenters. The van der Waals surface area contributed by atoms with Crippen LogP contribution in [-0.2, 0) is 4.74 Å². The van der Waals surface area contributed by atoms with Gasteiger partial charge in [0.2, 0.25) is 0 Å². The van der Waals surface area contributed by atoms with Gasteiger partial charge in [-0.2, -0.15) is 0 Å². The number of amidine groups is 1. The van der Waals surface area contributed by atoms with Crippen molar-refractivity contribution in [3.05, 3.63) is 12.7 Å². The molecule has 0 aromatic carbocycles. The predicted octanol–water partition coefficient (Wildman–Crippen LogP) is 0.676. The number of nitrogens with zero attached hydrogens (tertiary/aromatic N) is 8. The summed E-state index contributed by atoms with van der Waals surface area (Å²) in [7, 11) is 7.66. The largest absolute Gasteiger partial charge is 0.394 e. The van der Waals surface area contributed by atoms with Crippen LogP contribution in [0.2, 0.25) is 0 Å². The van der Waals surface area contributed by atoms with Crippen molar-refractivity contribution in [2.24, 2.45) is 9.98 Å². The number of ether oxygens (including phenoxy) is 1. The number of aliphatic hydroxyl groups is 1. The summed E-state index contributed by atoms with van der Waals surface area (Å²) in [5, 5.41) is 9.64. The van der Waals surface area contributed by atoms with Crippen molar-refractivity contribution in [3.8, 4) is 0 Å². The van der Waals surface area contributed by atoms with Gasteiger partial charge in [0, 0.05) is 34.6 Å². The number of aromatic nitrogens is 4. The van der Waals surface area contributed by atoms with Crippen molar-refractivity contribution >= 4 is 29.2 Å². The molecule has 2 aromatic heterocycles. The average molecular weight is 374 g/mol. The molecule has 3 rings (SSSR count). The summed E-state index contributed by atoms with van der Waals surface area (Å²) in [4.78, 5) is 25.9. The lowest BCUT2D eigenvalue weighted by atomic mass is 10.1. The fraction of sp³-hybridized carbons (Fsp3) is 0.588. The molecule has 0 amide bonds. The van der Waals surface area contributed by atoms with Crippen molar-refractivity contribution in [1.82, 2.24) is 29.3 Å². The fourth-order valence-corrected chi connectivity index (χ4v) is 2.81. The Morgan fingerprint density at radius 1 is 1.33 bits per heavy atom. The van der Waals surface area contributed by atoms with E-state index < -0.39 is 0 Å². The van der Waals surface area contributed by atoms with Crippen LogP contribution in [0.15, 0.2) is 22.6 Å². The first-order valence-electron chi connectivity index (χ1n) is 8.77. The van der Waals surface area contributed by atoms with Crippen LogP contribution in [0.5, 0.6) is 0 Å². The van der Waals surface area contributed by atoms with Crippen molar-refractivity contribution < 1.29 is 9.84 Å². The van der Waals surface area contributed by atoms with Gasteiger partial charge in [0.15, 0.2) is 17.0 Å². The lowest BCUT2D eigenvalue weighted by molar-refractivity contribution is -0.0232. The monoisotopic (exact) mass is 374 g/mol. The van der Waals surface area contributed by atoms with E-state index >= 15 is 0 Å². The Kier molecular flexibility index (Phi) is 5.66. The van der Waals surface area contributed by atoms with Crippen molar-refractivity contribution in [2.45, 2.75) is 31.7 Å². The van der Waals surface area contributed by atoms with Crippen LogP contribution >= 0.6 is 0 Å². The molecule has 2 aromatic rings. The summed E-state index contributed by atoms with van der Waals surface area (Å²) in [6, 6.07) is -0.129. The van der Waals surface area contributed by atoms with Gasteiger partial charge < -0.3 is 19.6 Å². The summed E-state index contributed by atoms with van der Waals surface area (Å²) in [6.45, 7) is 1.81. The first kappa shape index (κ1) is 19.2. The van der Waals surface area contributed by atoms with Crippen LogP contribution in [0.25, 0.3) is 11.2 Å². The summed E-state index contributed by atoms with van der Waals surface area (Å²) in [6.07, 6.45) is 4.85. The molecular weight excluding hydrogens is 348 g/mol. The normalized spacial score (nSPS) is 23.5. The second-order valence-electron chi connectivity index (χ2n) is 6.92. The number of aliphatic hydroxyl groups excluding tert-OH is 1. The van der Waals surface area contributed by atoms with Crippen LogP contribution in [0, 0.1) is 0 Å². The predicted molar refractivity (Wildman–Crippen MR) is 103 cm³/mol. The van der Waals surface area contributed by atoms with Crippen molar-refractivity contribution in [3.63, 3.8) is 0 Å². The quantitative estimate of drug-likeness (QED) is 0.606. The molecule has 0 aliphatic carbocycles. The molecule has 0 radical (unpaired) electrons. The zero-order chi connectivity index (χ0) is 19.6. The second-order valence-corrected chi connectivity index (χ2v) is 6.92. The van der Waals surface area contributed by atoms with Crippen LogP contribution in [0.1, 0.15) is 19.6 Å². The molecule has 3 heterocycles. The van der Waals surface area contributed by atoms with E-state index in [0.717, 1.165) is 5.84 Å². The molecule has 10 nitrogen and oxygen atoms in total. The minimum Gasteiger partial charge on any atom is -0.394 e. The Morgan fingerprint density at radius 2 is 2.11 bits per heavy atom. The van der Waals surface area contributed by atoms with E-state index in [1.165, 1.54) is 6.33 Å². The van der Waals surface area contributed by atoms with Gasteiger partial charge in [-0.15, -0.1) is 0 Å². The number of fused-ring (bicyclic) bond motifs is 1. The van der Waals surface area contributed by atoms with Crippen molar-refractivity contribution in [1.29, 1.82) is 0 Å². The van der Waals surface area contributed by atoms with Gasteiger partial charge in [0.25, 0.3) is 0 Å². The molecule has 0 bridgehead atoms. The molecule has 1 fully saturated rings. The van der Waals surface area contributed by atoms with Gasteiger partial charge in [-0.1, -0.05) is 0 Å². The van der Waals surface area contributed by atoms with E-state index in [9.17, 15) is 5.11 Å².